The van der Waals surface area contributed by atoms with E-state index in [1.54, 1.807) is 0 Å². The van der Waals surface area contributed by atoms with Crippen LogP contribution >= 0.6 is 15.9 Å². The molecular formula is C8H5BrF2N2. The second kappa shape index (κ2) is 2.77. The van der Waals surface area contributed by atoms with Crippen LogP contribution in [0.5, 0.6) is 0 Å². The van der Waals surface area contributed by atoms with Gasteiger partial charge < -0.3 is 0 Å². The van der Waals surface area contributed by atoms with Gasteiger partial charge in [0.15, 0.2) is 5.82 Å². The van der Waals surface area contributed by atoms with Gasteiger partial charge in [-0.05, 0) is 19.1 Å². The van der Waals surface area contributed by atoms with Gasteiger partial charge >= 0.3 is 0 Å². The van der Waals surface area contributed by atoms with Crippen molar-refractivity contribution in [1.29, 1.82) is 0 Å². The molecular weight excluding hydrogens is 242 g/mol. The largest absolute Gasteiger partial charge is 0.228 e. The predicted octanol–water partition coefficient (Wildman–Crippen LogP) is 2.98. The van der Waals surface area contributed by atoms with Crippen LogP contribution in [0.3, 0.4) is 0 Å². The second-order valence-electron chi connectivity index (χ2n) is 2.70. The Bertz CT molecular complexity index is 478. The summed E-state index contributed by atoms with van der Waals surface area (Å²) in [4.78, 5) is 4.11. The molecule has 1 aromatic heterocycles. The summed E-state index contributed by atoms with van der Waals surface area (Å²) in [6, 6.07) is 2.74. The van der Waals surface area contributed by atoms with Crippen LogP contribution in [0.1, 0.15) is 5.82 Å². The minimum Gasteiger partial charge on any atom is -0.228 e. The molecule has 0 aliphatic heterocycles. The summed E-state index contributed by atoms with van der Waals surface area (Å²) >= 11 is 3.08. The lowest BCUT2D eigenvalue weighted by Crippen LogP contribution is -1.84. The van der Waals surface area contributed by atoms with Crippen molar-refractivity contribution < 1.29 is 8.87 Å². The fourth-order valence-electron chi connectivity index (χ4n) is 1.19. The molecule has 0 aliphatic rings. The molecule has 0 N–H and O–H groups in total. The number of aryl methyl sites for hydroxylation is 1. The first-order chi connectivity index (χ1) is 6.09. The summed E-state index contributed by atoms with van der Waals surface area (Å²) in [6.07, 6.45) is 0. The van der Waals surface area contributed by atoms with Gasteiger partial charge in [0, 0.05) is 4.47 Å². The third-order valence-electron chi connectivity index (χ3n) is 1.78. The zero-order chi connectivity index (χ0) is 9.59. The van der Waals surface area contributed by atoms with Crippen LogP contribution in [0.25, 0.3) is 11.0 Å². The number of rotatable bonds is 0. The van der Waals surface area contributed by atoms with Crippen LogP contribution in [-0.4, -0.2) is 9.77 Å². The lowest BCUT2D eigenvalue weighted by molar-refractivity contribution is 0.373. The molecule has 0 saturated carbocycles. The van der Waals surface area contributed by atoms with Crippen molar-refractivity contribution in [3.05, 3.63) is 28.2 Å². The highest BCUT2D eigenvalue weighted by Crippen LogP contribution is 2.23. The lowest BCUT2D eigenvalue weighted by atomic mass is 10.3. The van der Waals surface area contributed by atoms with Crippen LogP contribution in [-0.2, 0) is 0 Å². The number of imidazole rings is 1. The molecule has 2 aromatic rings. The average molecular weight is 247 g/mol. The van der Waals surface area contributed by atoms with Crippen molar-refractivity contribution in [2.45, 2.75) is 6.92 Å². The Morgan fingerprint density at radius 3 is 2.85 bits per heavy atom. The molecule has 0 aliphatic carbocycles. The lowest BCUT2D eigenvalue weighted by Gasteiger charge is -1.93. The normalized spacial score (nSPS) is 11.1. The quantitative estimate of drug-likeness (QED) is 0.699. The molecule has 0 spiro atoms. The Balaban J connectivity index is 2.94. The van der Waals surface area contributed by atoms with E-state index in [1.165, 1.54) is 19.1 Å². The molecule has 0 atom stereocenters. The van der Waals surface area contributed by atoms with Gasteiger partial charge in [0.1, 0.15) is 16.9 Å². The number of nitrogens with zero attached hydrogens (tertiary/aromatic N) is 2. The monoisotopic (exact) mass is 246 g/mol. The highest BCUT2D eigenvalue weighted by atomic mass is 79.9. The summed E-state index contributed by atoms with van der Waals surface area (Å²) in [7, 11) is 0. The fourth-order valence-corrected chi connectivity index (χ4v) is 1.61. The van der Waals surface area contributed by atoms with Crippen LogP contribution in [0, 0.1) is 12.7 Å². The summed E-state index contributed by atoms with van der Waals surface area (Å²) < 4.78 is 26.8. The van der Waals surface area contributed by atoms with Crippen molar-refractivity contribution in [1.82, 2.24) is 9.77 Å². The molecule has 0 amide bonds. The maximum atomic E-state index is 13.2. The Morgan fingerprint density at radius 1 is 1.46 bits per heavy atom. The molecule has 2 nitrogen and oxygen atoms in total. The number of hydrogen-bond donors (Lipinski definition) is 0. The highest BCUT2D eigenvalue weighted by Gasteiger charge is 2.11. The zero-order valence-electron chi connectivity index (χ0n) is 6.68. The van der Waals surface area contributed by atoms with Gasteiger partial charge in [-0.2, -0.15) is 4.79 Å². The van der Waals surface area contributed by atoms with E-state index < -0.39 is 5.82 Å². The van der Waals surface area contributed by atoms with E-state index in [0.29, 0.717) is 9.26 Å². The highest BCUT2D eigenvalue weighted by molar-refractivity contribution is 9.10. The first-order valence-electron chi connectivity index (χ1n) is 3.60. The third kappa shape index (κ3) is 1.23. The third-order valence-corrected chi connectivity index (χ3v) is 2.24. The van der Waals surface area contributed by atoms with Gasteiger partial charge in [0.05, 0.1) is 0 Å². The topological polar surface area (TPSA) is 17.8 Å². The minimum absolute atomic E-state index is 0.0585. The second-order valence-corrected chi connectivity index (χ2v) is 3.61. The average Bonchev–Trinajstić information content (AvgIpc) is 2.32. The number of benzene rings is 1. The number of halogens is 3. The molecule has 2 rings (SSSR count). The Hall–Kier alpha value is -0.970. The Labute approximate surface area is 81.3 Å². The van der Waals surface area contributed by atoms with E-state index in [4.69, 9.17) is 0 Å². The van der Waals surface area contributed by atoms with Gasteiger partial charge in [-0.3, -0.25) is 0 Å². The van der Waals surface area contributed by atoms with Crippen LogP contribution in [0.15, 0.2) is 16.6 Å². The van der Waals surface area contributed by atoms with E-state index >= 15 is 0 Å². The first kappa shape index (κ1) is 8.62. The van der Waals surface area contributed by atoms with E-state index in [0.717, 1.165) is 0 Å². The molecule has 0 unspecified atom stereocenters. The minimum atomic E-state index is -0.524. The number of aromatic nitrogens is 2. The van der Waals surface area contributed by atoms with E-state index in [-0.39, 0.29) is 16.9 Å². The molecule has 1 aromatic carbocycles. The van der Waals surface area contributed by atoms with Crippen molar-refractivity contribution >= 4 is 27.0 Å². The van der Waals surface area contributed by atoms with Gasteiger partial charge in [0.25, 0.3) is 0 Å². The Morgan fingerprint density at radius 2 is 2.15 bits per heavy atom. The fraction of sp³-hybridized carbons (Fsp3) is 0.125. The van der Waals surface area contributed by atoms with Crippen molar-refractivity contribution in [3.8, 4) is 0 Å². The van der Waals surface area contributed by atoms with E-state index in [2.05, 4.69) is 20.9 Å². The summed E-state index contributed by atoms with van der Waals surface area (Å²) in [5.74, 6) is -0.379. The molecule has 0 saturated heterocycles. The molecule has 0 radical (unpaired) electrons. The summed E-state index contributed by atoms with van der Waals surface area (Å²) in [5.41, 5.74) is 0.201. The number of hydrogen-bond acceptors (Lipinski definition) is 1. The molecule has 1 heterocycles. The molecule has 68 valence electrons. The van der Waals surface area contributed by atoms with Gasteiger partial charge in [-0.15, -0.1) is 0 Å². The zero-order valence-corrected chi connectivity index (χ0v) is 8.27. The van der Waals surface area contributed by atoms with Crippen molar-refractivity contribution in [3.63, 3.8) is 0 Å². The van der Waals surface area contributed by atoms with Crippen molar-refractivity contribution in [2.75, 3.05) is 0 Å². The number of fused-ring (bicyclic) bond motifs is 1. The molecule has 0 fully saturated rings. The molecule has 13 heavy (non-hydrogen) atoms. The molecule has 0 bridgehead atoms. The maximum absolute atomic E-state index is 13.2. The SMILES string of the molecule is Cc1nc2c(F)cc(Br)cc2n1F. The van der Waals surface area contributed by atoms with E-state index in [9.17, 15) is 8.87 Å². The smallest absolute Gasteiger partial charge is 0.152 e. The van der Waals surface area contributed by atoms with Crippen LogP contribution < -0.4 is 0 Å². The van der Waals surface area contributed by atoms with Crippen LogP contribution in [0.2, 0.25) is 0 Å². The standard InChI is InChI=1S/C8H5BrF2N2/c1-4-12-8-6(10)2-5(9)3-7(8)13(4)11/h2-3H,1H3. The van der Waals surface area contributed by atoms with Gasteiger partial charge in [-0.25, -0.2) is 9.37 Å². The van der Waals surface area contributed by atoms with Gasteiger partial charge in [-0.1, -0.05) is 20.4 Å². The summed E-state index contributed by atoms with van der Waals surface area (Å²) in [5, 5.41) is 0. The summed E-state index contributed by atoms with van der Waals surface area (Å²) in [6.45, 7) is 1.48. The Kier molecular flexibility index (Phi) is 1.83. The van der Waals surface area contributed by atoms with E-state index in [1.807, 2.05) is 0 Å². The first-order valence-corrected chi connectivity index (χ1v) is 4.39. The van der Waals surface area contributed by atoms with Gasteiger partial charge in [0.2, 0.25) is 0 Å². The maximum Gasteiger partial charge on any atom is 0.152 e. The molecule has 5 heteroatoms. The van der Waals surface area contributed by atoms with Crippen LogP contribution in [0.4, 0.5) is 8.87 Å². The predicted molar refractivity (Wildman–Crippen MR) is 48.6 cm³/mol. The van der Waals surface area contributed by atoms with Crippen molar-refractivity contribution in [2.24, 2.45) is 0 Å².